The van der Waals surface area contributed by atoms with Crippen molar-refractivity contribution < 1.29 is 4.79 Å². The third kappa shape index (κ3) is 3.13. The van der Waals surface area contributed by atoms with E-state index in [0.717, 1.165) is 29.9 Å². The molecule has 1 aliphatic rings. The number of carbonyl (C=O) groups excluding carboxylic acids is 1. The highest BCUT2D eigenvalue weighted by Gasteiger charge is 2.22. The lowest BCUT2D eigenvalue weighted by atomic mass is 10.2. The van der Waals surface area contributed by atoms with E-state index >= 15 is 0 Å². The number of carbonyl (C=O) groups is 1. The van der Waals surface area contributed by atoms with E-state index in [0.29, 0.717) is 16.5 Å². The number of hydrogen-bond donors (Lipinski definition) is 1. The fourth-order valence-electron chi connectivity index (χ4n) is 3.09. The lowest BCUT2D eigenvalue weighted by Gasteiger charge is -2.17. The van der Waals surface area contributed by atoms with Crippen molar-refractivity contribution in [1.82, 2.24) is 9.97 Å². The van der Waals surface area contributed by atoms with Gasteiger partial charge in [-0.25, -0.2) is 9.97 Å². The van der Waals surface area contributed by atoms with E-state index in [9.17, 15) is 4.79 Å². The standard InChI is InChI=1S/C20H17ClN4O/c1-13-10-16(21)6-7-17(13)24-19(26)15-11-22-20(23-12-15)25-9-8-14-4-2-3-5-18(14)25/h2-7,10-12H,8-9H2,1H3,(H,24,26). The van der Waals surface area contributed by atoms with Crippen LogP contribution in [0.4, 0.5) is 17.3 Å². The first kappa shape index (κ1) is 16.5. The molecule has 0 radical (unpaired) electrons. The van der Waals surface area contributed by atoms with Gasteiger partial charge in [0.1, 0.15) is 0 Å². The SMILES string of the molecule is Cc1cc(Cl)ccc1NC(=O)c1cnc(N2CCc3ccccc32)nc1. The van der Waals surface area contributed by atoms with Gasteiger partial charge in [0.05, 0.1) is 5.56 Å². The van der Waals surface area contributed by atoms with Crippen LogP contribution in [0.2, 0.25) is 5.02 Å². The third-order valence-corrected chi connectivity index (χ3v) is 4.70. The Bertz CT molecular complexity index is 972. The molecule has 0 fully saturated rings. The highest BCUT2D eigenvalue weighted by atomic mass is 35.5. The van der Waals surface area contributed by atoms with E-state index in [2.05, 4.69) is 32.3 Å². The average Bonchev–Trinajstić information content (AvgIpc) is 3.08. The molecule has 4 rings (SSSR count). The van der Waals surface area contributed by atoms with Crippen LogP contribution in [0.25, 0.3) is 0 Å². The molecule has 5 nitrogen and oxygen atoms in total. The molecule has 1 aromatic heterocycles. The van der Waals surface area contributed by atoms with Crippen LogP contribution in [0.5, 0.6) is 0 Å². The smallest absolute Gasteiger partial charge is 0.258 e. The summed E-state index contributed by atoms with van der Waals surface area (Å²) in [5.74, 6) is 0.359. The number of halogens is 1. The number of amides is 1. The number of rotatable bonds is 3. The van der Waals surface area contributed by atoms with Gasteiger partial charge in [-0.2, -0.15) is 0 Å². The summed E-state index contributed by atoms with van der Waals surface area (Å²) >= 11 is 5.95. The summed E-state index contributed by atoms with van der Waals surface area (Å²) in [6, 6.07) is 13.6. The predicted octanol–water partition coefficient (Wildman–Crippen LogP) is 4.38. The number of fused-ring (bicyclic) bond motifs is 1. The zero-order valence-corrected chi connectivity index (χ0v) is 15.0. The van der Waals surface area contributed by atoms with Crippen molar-refractivity contribution in [1.29, 1.82) is 0 Å². The molecule has 3 aromatic rings. The summed E-state index contributed by atoms with van der Waals surface area (Å²) in [6.07, 6.45) is 4.09. The normalized spacial score (nSPS) is 12.8. The van der Waals surface area contributed by atoms with Crippen LogP contribution < -0.4 is 10.2 Å². The van der Waals surface area contributed by atoms with Gasteiger partial charge in [0.15, 0.2) is 0 Å². The number of anilines is 3. The minimum atomic E-state index is -0.246. The Morgan fingerprint density at radius 2 is 1.92 bits per heavy atom. The Hall–Kier alpha value is -2.92. The first-order valence-electron chi connectivity index (χ1n) is 8.37. The van der Waals surface area contributed by atoms with Crippen molar-refractivity contribution in [3.63, 3.8) is 0 Å². The van der Waals surface area contributed by atoms with Crippen molar-refractivity contribution in [3.05, 3.63) is 76.6 Å². The fourth-order valence-corrected chi connectivity index (χ4v) is 3.31. The number of aromatic nitrogens is 2. The molecule has 0 saturated heterocycles. The molecule has 0 spiro atoms. The number of aryl methyl sites for hydroxylation is 1. The lowest BCUT2D eigenvalue weighted by molar-refractivity contribution is 0.102. The maximum absolute atomic E-state index is 12.4. The van der Waals surface area contributed by atoms with E-state index in [-0.39, 0.29) is 5.91 Å². The number of nitrogens with zero attached hydrogens (tertiary/aromatic N) is 3. The molecular weight excluding hydrogens is 348 g/mol. The Balaban J connectivity index is 1.52. The summed E-state index contributed by atoms with van der Waals surface area (Å²) < 4.78 is 0. The van der Waals surface area contributed by atoms with Crippen LogP contribution in [-0.2, 0) is 6.42 Å². The molecular formula is C20H17ClN4O. The van der Waals surface area contributed by atoms with E-state index in [4.69, 9.17) is 11.6 Å². The minimum Gasteiger partial charge on any atom is -0.322 e. The lowest BCUT2D eigenvalue weighted by Crippen LogP contribution is -2.18. The maximum Gasteiger partial charge on any atom is 0.258 e. The molecule has 130 valence electrons. The molecule has 0 saturated carbocycles. The summed E-state index contributed by atoms with van der Waals surface area (Å²) in [6.45, 7) is 2.74. The van der Waals surface area contributed by atoms with Gasteiger partial charge in [-0.3, -0.25) is 4.79 Å². The molecule has 2 heterocycles. The number of nitrogens with one attached hydrogen (secondary N) is 1. The largest absolute Gasteiger partial charge is 0.322 e. The summed E-state index contributed by atoms with van der Waals surface area (Å²) in [4.78, 5) is 23.3. The Morgan fingerprint density at radius 1 is 1.15 bits per heavy atom. The minimum absolute atomic E-state index is 0.246. The predicted molar refractivity (Wildman–Crippen MR) is 103 cm³/mol. The topological polar surface area (TPSA) is 58.1 Å². The zero-order valence-electron chi connectivity index (χ0n) is 14.2. The molecule has 1 amide bonds. The quantitative estimate of drug-likeness (QED) is 0.749. The maximum atomic E-state index is 12.4. The Kier molecular flexibility index (Phi) is 4.31. The molecule has 6 heteroatoms. The van der Waals surface area contributed by atoms with Gasteiger partial charge in [0.2, 0.25) is 5.95 Å². The van der Waals surface area contributed by atoms with E-state index in [1.54, 1.807) is 24.5 Å². The van der Waals surface area contributed by atoms with Gasteiger partial charge in [-0.1, -0.05) is 29.8 Å². The van der Waals surface area contributed by atoms with Gasteiger partial charge in [-0.15, -0.1) is 0 Å². The third-order valence-electron chi connectivity index (χ3n) is 4.47. The van der Waals surface area contributed by atoms with Gasteiger partial charge >= 0.3 is 0 Å². The van der Waals surface area contributed by atoms with E-state index in [1.165, 1.54) is 5.56 Å². The molecule has 26 heavy (non-hydrogen) atoms. The van der Waals surface area contributed by atoms with Crippen molar-refractivity contribution >= 4 is 34.8 Å². The first-order valence-corrected chi connectivity index (χ1v) is 8.74. The highest BCUT2D eigenvalue weighted by Crippen LogP contribution is 2.32. The second-order valence-corrected chi connectivity index (χ2v) is 6.65. The highest BCUT2D eigenvalue weighted by molar-refractivity contribution is 6.30. The number of hydrogen-bond acceptors (Lipinski definition) is 4. The summed E-state index contributed by atoms with van der Waals surface area (Å²) in [5, 5.41) is 3.51. The monoisotopic (exact) mass is 364 g/mol. The zero-order chi connectivity index (χ0) is 18.1. The van der Waals surface area contributed by atoms with Crippen molar-refractivity contribution in [2.45, 2.75) is 13.3 Å². The molecule has 0 atom stereocenters. The summed E-state index contributed by atoms with van der Waals surface area (Å²) in [5.41, 5.74) is 4.45. The van der Waals surface area contributed by atoms with Crippen LogP contribution in [0.15, 0.2) is 54.9 Å². The molecule has 1 N–H and O–H groups in total. The van der Waals surface area contributed by atoms with Crippen LogP contribution in [0.1, 0.15) is 21.5 Å². The molecule has 1 aliphatic heterocycles. The van der Waals surface area contributed by atoms with Gasteiger partial charge < -0.3 is 10.2 Å². The van der Waals surface area contributed by atoms with E-state index in [1.807, 2.05) is 25.1 Å². The van der Waals surface area contributed by atoms with Crippen LogP contribution in [-0.4, -0.2) is 22.4 Å². The van der Waals surface area contributed by atoms with Crippen molar-refractivity contribution in [2.24, 2.45) is 0 Å². The fraction of sp³-hybridized carbons (Fsp3) is 0.150. The van der Waals surface area contributed by atoms with E-state index < -0.39 is 0 Å². The first-order chi connectivity index (χ1) is 12.6. The second-order valence-electron chi connectivity index (χ2n) is 6.22. The van der Waals surface area contributed by atoms with Crippen LogP contribution in [0.3, 0.4) is 0 Å². The van der Waals surface area contributed by atoms with Gasteiger partial charge in [0.25, 0.3) is 5.91 Å². The Labute approximate surface area is 156 Å². The van der Waals surface area contributed by atoms with Crippen LogP contribution >= 0.6 is 11.6 Å². The molecule has 0 aliphatic carbocycles. The number of benzene rings is 2. The average molecular weight is 365 g/mol. The number of para-hydroxylation sites is 1. The molecule has 2 aromatic carbocycles. The second kappa shape index (κ2) is 6.77. The molecule has 0 unspecified atom stereocenters. The van der Waals surface area contributed by atoms with Gasteiger partial charge in [-0.05, 0) is 48.7 Å². The van der Waals surface area contributed by atoms with Crippen molar-refractivity contribution in [3.8, 4) is 0 Å². The van der Waals surface area contributed by atoms with Crippen LogP contribution in [0, 0.1) is 6.92 Å². The molecule has 0 bridgehead atoms. The van der Waals surface area contributed by atoms with Crippen molar-refractivity contribution in [2.75, 3.05) is 16.8 Å². The Morgan fingerprint density at radius 3 is 2.69 bits per heavy atom. The van der Waals surface area contributed by atoms with Gasteiger partial charge in [0, 0.05) is 35.3 Å². The summed E-state index contributed by atoms with van der Waals surface area (Å²) in [7, 11) is 0.